The van der Waals surface area contributed by atoms with Gasteiger partial charge in [-0.05, 0) is 16.5 Å². The van der Waals surface area contributed by atoms with Crippen molar-refractivity contribution >= 4 is 13.9 Å². The molecule has 0 bridgehead atoms. The van der Waals surface area contributed by atoms with Gasteiger partial charge in [-0.3, -0.25) is 4.79 Å². The fraction of sp³-hybridized carbons (Fsp3) is 0.438. The standard InChI is InChI=1S/C16H22OSi/c1-16(2,3)18(4,5)12-11-15(17)13-14-9-7-6-8-10-14/h6-10H,13H2,1-5H3. The van der Waals surface area contributed by atoms with Gasteiger partial charge in [0.2, 0.25) is 5.78 Å². The van der Waals surface area contributed by atoms with Gasteiger partial charge in [0.25, 0.3) is 0 Å². The first-order valence-electron chi connectivity index (χ1n) is 6.32. The lowest BCUT2D eigenvalue weighted by Gasteiger charge is -2.31. The Morgan fingerprint density at radius 1 is 1.17 bits per heavy atom. The topological polar surface area (TPSA) is 17.1 Å². The van der Waals surface area contributed by atoms with Gasteiger partial charge >= 0.3 is 0 Å². The van der Waals surface area contributed by atoms with Crippen LogP contribution in [0.4, 0.5) is 0 Å². The Morgan fingerprint density at radius 2 is 1.72 bits per heavy atom. The Morgan fingerprint density at radius 3 is 2.22 bits per heavy atom. The fourth-order valence-corrected chi connectivity index (χ4v) is 2.07. The Balaban J connectivity index is 2.73. The number of rotatable bonds is 2. The molecule has 0 aliphatic rings. The van der Waals surface area contributed by atoms with Crippen LogP contribution in [0.25, 0.3) is 0 Å². The largest absolute Gasteiger partial charge is 0.285 e. The summed E-state index contributed by atoms with van der Waals surface area (Å²) in [6.45, 7) is 11.0. The summed E-state index contributed by atoms with van der Waals surface area (Å²) < 4.78 is 0. The van der Waals surface area contributed by atoms with Crippen LogP contribution in [0.5, 0.6) is 0 Å². The summed E-state index contributed by atoms with van der Waals surface area (Å²) in [5, 5.41) is 0.201. The molecule has 0 aliphatic carbocycles. The molecule has 0 aromatic heterocycles. The first-order chi connectivity index (χ1) is 8.22. The number of ketones is 1. The van der Waals surface area contributed by atoms with Gasteiger partial charge in [-0.2, -0.15) is 0 Å². The summed E-state index contributed by atoms with van der Waals surface area (Å²) >= 11 is 0. The first-order valence-corrected chi connectivity index (χ1v) is 9.32. The van der Waals surface area contributed by atoms with Gasteiger partial charge in [0, 0.05) is 6.42 Å². The summed E-state index contributed by atoms with van der Waals surface area (Å²) in [6, 6.07) is 9.78. The number of carbonyl (C=O) groups excluding carboxylic acids is 1. The normalized spacial score (nSPS) is 11.6. The number of Topliss-reactive ketones (excluding diaryl/α,β-unsaturated/α-hetero) is 1. The second-order valence-corrected chi connectivity index (χ2v) is 11.2. The molecular formula is C16H22OSi. The summed E-state index contributed by atoms with van der Waals surface area (Å²) in [6.07, 6.45) is 0.419. The van der Waals surface area contributed by atoms with Crippen molar-refractivity contribution < 1.29 is 4.79 Å². The molecule has 0 saturated heterocycles. The van der Waals surface area contributed by atoms with E-state index in [1.54, 1.807) is 0 Å². The molecule has 0 radical (unpaired) electrons. The van der Waals surface area contributed by atoms with Gasteiger partial charge < -0.3 is 0 Å². The van der Waals surface area contributed by atoms with Crippen LogP contribution in [0.15, 0.2) is 30.3 Å². The van der Waals surface area contributed by atoms with Crippen molar-refractivity contribution in [2.75, 3.05) is 0 Å². The third kappa shape index (κ3) is 4.16. The van der Waals surface area contributed by atoms with E-state index < -0.39 is 8.07 Å². The van der Waals surface area contributed by atoms with Crippen LogP contribution in [0.2, 0.25) is 18.1 Å². The Hall–Kier alpha value is -1.33. The molecule has 0 unspecified atom stereocenters. The molecular weight excluding hydrogens is 236 g/mol. The summed E-state index contributed by atoms with van der Waals surface area (Å²) in [4.78, 5) is 11.8. The van der Waals surface area contributed by atoms with Gasteiger partial charge in [-0.1, -0.05) is 64.2 Å². The van der Waals surface area contributed by atoms with E-state index in [0.717, 1.165) is 5.56 Å². The fourth-order valence-electron chi connectivity index (χ4n) is 1.24. The molecule has 0 N–H and O–H groups in total. The van der Waals surface area contributed by atoms with E-state index in [2.05, 4.69) is 45.3 Å². The van der Waals surface area contributed by atoms with Gasteiger partial charge in [0.15, 0.2) is 0 Å². The van der Waals surface area contributed by atoms with Crippen LogP contribution in [0.1, 0.15) is 26.3 Å². The van der Waals surface area contributed by atoms with E-state index in [0.29, 0.717) is 6.42 Å². The number of hydrogen-bond donors (Lipinski definition) is 0. The molecule has 0 aliphatic heterocycles. The van der Waals surface area contributed by atoms with Gasteiger partial charge in [0.05, 0.1) is 0 Å². The average Bonchev–Trinajstić information content (AvgIpc) is 2.26. The molecule has 18 heavy (non-hydrogen) atoms. The number of hydrogen-bond acceptors (Lipinski definition) is 1. The average molecular weight is 258 g/mol. The number of benzene rings is 1. The van der Waals surface area contributed by atoms with Crippen molar-refractivity contribution in [3.8, 4) is 11.5 Å². The number of carbonyl (C=O) groups is 1. The Bertz CT molecular complexity index is 469. The zero-order valence-corrected chi connectivity index (χ0v) is 13.0. The first kappa shape index (κ1) is 14.7. The van der Waals surface area contributed by atoms with Crippen LogP contribution >= 0.6 is 0 Å². The molecule has 0 saturated carbocycles. The minimum Gasteiger partial charge on any atom is -0.285 e. The Kier molecular flexibility index (Phi) is 4.53. The quantitative estimate of drug-likeness (QED) is 0.582. The monoisotopic (exact) mass is 258 g/mol. The van der Waals surface area contributed by atoms with E-state index in [-0.39, 0.29) is 10.8 Å². The smallest absolute Gasteiger partial charge is 0.209 e. The van der Waals surface area contributed by atoms with E-state index in [9.17, 15) is 4.79 Å². The van der Waals surface area contributed by atoms with E-state index in [4.69, 9.17) is 0 Å². The molecule has 0 amide bonds. The molecule has 0 fully saturated rings. The third-order valence-corrected chi connectivity index (χ3v) is 8.10. The van der Waals surface area contributed by atoms with E-state index >= 15 is 0 Å². The van der Waals surface area contributed by atoms with E-state index in [1.165, 1.54) is 0 Å². The zero-order chi connectivity index (χ0) is 13.8. The predicted molar refractivity (Wildman–Crippen MR) is 80.1 cm³/mol. The highest BCUT2D eigenvalue weighted by Crippen LogP contribution is 2.35. The predicted octanol–water partition coefficient (Wildman–Crippen LogP) is 3.85. The second-order valence-electron chi connectivity index (χ2n) is 6.21. The molecule has 0 spiro atoms. The summed E-state index contributed by atoms with van der Waals surface area (Å²) in [5.41, 5.74) is 4.29. The summed E-state index contributed by atoms with van der Waals surface area (Å²) in [5.74, 6) is 2.87. The lowest BCUT2D eigenvalue weighted by Crippen LogP contribution is -2.35. The summed E-state index contributed by atoms with van der Waals surface area (Å²) in [7, 11) is -1.67. The van der Waals surface area contributed by atoms with Gasteiger partial charge in [-0.15, -0.1) is 5.54 Å². The second kappa shape index (κ2) is 5.54. The Labute approximate surface area is 112 Å². The molecule has 1 aromatic carbocycles. The molecule has 1 aromatic rings. The highest BCUT2D eigenvalue weighted by Gasteiger charge is 2.33. The third-order valence-electron chi connectivity index (χ3n) is 3.60. The van der Waals surface area contributed by atoms with E-state index in [1.807, 2.05) is 30.3 Å². The molecule has 2 heteroatoms. The van der Waals surface area contributed by atoms with Crippen LogP contribution < -0.4 is 0 Å². The molecule has 0 heterocycles. The van der Waals surface area contributed by atoms with Crippen LogP contribution in [0.3, 0.4) is 0 Å². The molecule has 1 nitrogen and oxygen atoms in total. The van der Waals surface area contributed by atoms with Crippen LogP contribution in [0, 0.1) is 11.5 Å². The highest BCUT2D eigenvalue weighted by atomic mass is 28.3. The van der Waals surface area contributed by atoms with Crippen LogP contribution in [-0.2, 0) is 11.2 Å². The maximum Gasteiger partial charge on any atom is 0.209 e. The van der Waals surface area contributed by atoms with Crippen LogP contribution in [-0.4, -0.2) is 13.9 Å². The van der Waals surface area contributed by atoms with Crippen molar-refractivity contribution in [1.82, 2.24) is 0 Å². The lowest BCUT2D eigenvalue weighted by molar-refractivity contribution is -0.113. The van der Waals surface area contributed by atoms with Crippen molar-refractivity contribution in [3.05, 3.63) is 35.9 Å². The van der Waals surface area contributed by atoms with Crippen molar-refractivity contribution in [1.29, 1.82) is 0 Å². The minimum absolute atomic E-state index is 0.0195. The van der Waals surface area contributed by atoms with Crippen molar-refractivity contribution in [3.63, 3.8) is 0 Å². The molecule has 0 atom stereocenters. The minimum atomic E-state index is -1.67. The molecule has 1 rings (SSSR count). The maximum atomic E-state index is 11.8. The van der Waals surface area contributed by atoms with Gasteiger partial charge in [0.1, 0.15) is 8.07 Å². The molecule has 96 valence electrons. The van der Waals surface area contributed by atoms with Gasteiger partial charge in [-0.25, -0.2) is 0 Å². The maximum absolute atomic E-state index is 11.8. The highest BCUT2D eigenvalue weighted by molar-refractivity contribution is 6.87. The van der Waals surface area contributed by atoms with Crippen molar-refractivity contribution in [2.45, 2.75) is 45.3 Å². The lowest BCUT2D eigenvalue weighted by atomic mass is 10.1. The zero-order valence-electron chi connectivity index (χ0n) is 12.0. The SMILES string of the molecule is CC(C)(C)[Si](C)(C)C#CC(=O)Cc1ccccc1. The van der Waals surface area contributed by atoms with Crippen molar-refractivity contribution in [2.24, 2.45) is 0 Å².